The van der Waals surface area contributed by atoms with Gasteiger partial charge in [0.1, 0.15) is 12.4 Å². The Morgan fingerprint density at radius 1 is 1.30 bits per heavy atom. The van der Waals surface area contributed by atoms with Gasteiger partial charge in [-0.15, -0.1) is 0 Å². The first-order chi connectivity index (χ1) is 9.56. The van der Waals surface area contributed by atoms with E-state index in [1.807, 2.05) is 32.1 Å². The van der Waals surface area contributed by atoms with E-state index in [0.29, 0.717) is 18.9 Å². The van der Waals surface area contributed by atoms with Gasteiger partial charge in [-0.3, -0.25) is 0 Å². The van der Waals surface area contributed by atoms with Crippen LogP contribution >= 0.6 is 9.24 Å². The van der Waals surface area contributed by atoms with Crippen molar-refractivity contribution in [2.45, 2.75) is 6.54 Å². The number of carbonyl (C=O) groups is 2. The number of benzene rings is 1. The lowest BCUT2D eigenvalue weighted by molar-refractivity contribution is -0.142. The lowest BCUT2D eigenvalue weighted by Crippen LogP contribution is -2.11. The predicted octanol–water partition coefficient (Wildman–Crippen LogP) is 2.12. The summed E-state index contributed by atoms with van der Waals surface area (Å²) in [6.45, 7) is 0.508. The normalized spacial score (nSPS) is 10.7. The Kier molecular flexibility index (Phi) is 4.71. The molecule has 2 rings (SSSR count). The molecule has 0 spiro atoms. The monoisotopic (exact) mass is 295 g/mol. The van der Waals surface area contributed by atoms with Crippen molar-refractivity contribution in [2.75, 3.05) is 13.2 Å². The molecule has 0 amide bonds. The minimum Gasteiger partial charge on any atom is -0.480 e. The minimum atomic E-state index is -0.989. The maximum Gasteiger partial charge on any atom is 0.329 e. The predicted molar refractivity (Wildman–Crippen MR) is 76.1 cm³/mol. The molecule has 0 radical (unpaired) electrons. The Morgan fingerprint density at radius 3 is 2.80 bits per heavy atom. The van der Waals surface area contributed by atoms with Gasteiger partial charge in [0.2, 0.25) is 0 Å². The summed E-state index contributed by atoms with van der Waals surface area (Å²) in [5, 5.41) is 9.49. The summed E-state index contributed by atoms with van der Waals surface area (Å²) < 4.78 is 11.9. The van der Waals surface area contributed by atoms with Gasteiger partial charge < -0.3 is 19.1 Å². The summed E-state index contributed by atoms with van der Waals surface area (Å²) in [5.74, 6) is -0.527. The van der Waals surface area contributed by atoms with E-state index in [-0.39, 0.29) is 6.61 Å². The Bertz CT molecular complexity index is 637. The third-order valence-corrected chi connectivity index (χ3v) is 2.78. The number of rotatable bonds is 6. The molecule has 1 heterocycles. The summed E-state index contributed by atoms with van der Waals surface area (Å²) in [5.41, 5.74) is 0.444. The maximum absolute atomic E-state index is 10.9. The van der Waals surface area contributed by atoms with E-state index in [9.17, 15) is 9.59 Å². The zero-order chi connectivity index (χ0) is 14.5. The highest BCUT2D eigenvalue weighted by atomic mass is 31.0. The third kappa shape index (κ3) is 3.79. The van der Waals surface area contributed by atoms with Crippen LogP contribution in [0.15, 0.2) is 30.5 Å². The van der Waals surface area contributed by atoms with Crippen molar-refractivity contribution in [3.63, 3.8) is 0 Å². The van der Waals surface area contributed by atoms with E-state index in [2.05, 4.69) is 0 Å². The summed E-state index contributed by atoms with van der Waals surface area (Å²) >= 11 is 0. The standard InChI is InChI=1S/C13H14NO5P/c15-12(16)8-18-6-5-14-4-3-9-1-2-10(7-11(9)14)19-13(17)20/h1-4,7H,5-6,8,20H2,(H,15,16). The van der Waals surface area contributed by atoms with Crippen molar-refractivity contribution in [2.24, 2.45) is 0 Å². The molecule has 20 heavy (non-hydrogen) atoms. The van der Waals surface area contributed by atoms with Gasteiger partial charge in [-0.1, -0.05) is 0 Å². The number of carbonyl (C=O) groups excluding carboxylic acids is 1. The minimum absolute atomic E-state index is 0.295. The van der Waals surface area contributed by atoms with Gasteiger partial charge in [-0.05, 0) is 32.8 Å². The van der Waals surface area contributed by atoms with Crippen LogP contribution in [0, 0.1) is 0 Å². The van der Waals surface area contributed by atoms with Crippen molar-refractivity contribution in [1.82, 2.24) is 4.57 Å². The van der Waals surface area contributed by atoms with Gasteiger partial charge in [-0.25, -0.2) is 9.59 Å². The highest BCUT2D eigenvalue weighted by molar-refractivity contribution is 7.39. The fraction of sp³-hybridized carbons (Fsp3) is 0.231. The average molecular weight is 295 g/mol. The van der Waals surface area contributed by atoms with E-state index in [1.165, 1.54) is 0 Å². The summed E-state index contributed by atoms with van der Waals surface area (Å²) in [6, 6.07) is 7.26. The molecule has 1 unspecified atom stereocenters. The first-order valence-electron chi connectivity index (χ1n) is 5.92. The van der Waals surface area contributed by atoms with Crippen LogP contribution in [0.25, 0.3) is 10.9 Å². The van der Waals surface area contributed by atoms with Crippen LogP contribution in [0.2, 0.25) is 0 Å². The molecule has 6 nitrogen and oxygen atoms in total. The van der Waals surface area contributed by atoms with E-state index in [0.717, 1.165) is 10.9 Å². The van der Waals surface area contributed by atoms with Crippen molar-refractivity contribution in [1.29, 1.82) is 0 Å². The number of aromatic nitrogens is 1. The maximum atomic E-state index is 10.9. The molecule has 0 saturated heterocycles. The molecule has 7 heteroatoms. The molecular formula is C13H14NO5P. The number of ether oxygens (including phenoxy) is 2. The molecule has 0 aliphatic carbocycles. The summed E-state index contributed by atoms with van der Waals surface area (Å²) in [4.78, 5) is 21.2. The highest BCUT2D eigenvalue weighted by Crippen LogP contribution is 2.22. The van der Waals surface area contributed by atoms with Gasteiger partial charge in [0.15, 0.2) is 0 Å². The van der Waals surface area contributed by atoms with E-state index in [1.54, 1.807) is 12.1 Å². The molecule has 0 fully saturated rings. The number of carboxylic acids is 1. The second-order valence-corrected chi connectivity index (χ2v) is 4.57. The van der Waals surface area contributed by atoms with Gasteiger partial charge in [0.25, 0.3) is 0 Å². The number of hydrogen-bond donors (Lipinski definition) is 1. The molecule has 1 aromatic heterocycles. The molecule has 2 aromatic rings. The third-order valence-electron chi connectivity index (χ3n) is 2.67. The smallest absolute Gasteiger partial charge is 0.329 e. The molecule has 1 N–H and O–H groups in total. The second-order valence-electron chi connectivity index (χ2n) is 4.10. The number of aliphatic carboxylic acids is 1. The second kappa shape index (κ2) is 6.50. The molecule has 1 atom stereocenters. The van der Waals surface area contributed by atoms with Crippen LogP contribution in [0.4, 0.5) is 4.79 Å². The van der Waals surface area contributed by atoms with E-state index >= 15 is 0 Å². The van der Waals surface area contributed by atoms with E-state index < -0.39 is 11.7 Å². The Hall–Kier alpha value is -1.91. The highest BCUT2D eigenvalue weighted by Gasteiger charge is 2.05. The van der Waals surface area contributed by atoms with Gasteiger partial charge >= 0.3 is 11.7 Å². The van der Waals surface area contributed by atoms with Gasteiger partial charge in [0.05, 0.1) is 12.1 Å². The lowest BCUT2D eigenvalue weighted by atomic mass is 10.2. The Balaban J connectivity index is 2.08. The lowest BCUT2D eigenvalue weighted by Gasteiger charge is -2.07. The van der Waals surface area contributed by atoms with Crippen LogP contribution in [-0.2, 0) is 16.1 Å². The van der Waals surface area contributed by atoms with Crippen LogP contribution in [0.3, 0.4) is 0 Å². The zero-order valence-corrected chi connectivity index (χ0v) is 11.8. The average Bonchev–Trinajstić information content (AvgIpc) is 2.76. The fourth-order valence-electron chi connectivity index (χ4n) is 1.86. The first-order valence-corrected chi connectivity index (χ1v) is 6.50. The van der Waals surface area contributed by atoms with Crippen LogP contribution in [0.1, 0.15) is 0 Å². The zero-order valence-electron chi connectivity index (χ0n) is 10.6. The van der Waals surface area contributed by atoms with Gasteiger partial charge in [0, 0.05) is 18.8 Å². The topological polar surface area (TPSA) is 77.8 Å². The largest absolute Gasteiger partial charge is 0.480 e. The van der Waals surface area contributed by atoms with Crippen molar-refractivity contribution in [3.05, 3.63) is 30.5 Å². The number of carboxylic acid groups (broad SMARTS) is 1. The summed E-state index contributed by atoms with van der Waals surface area (Å²) in [7, 11) is 1.95. The number of hydrogen-bond acceptors (Lipinski definition) is 4. The van der Waals surface area contributed by atoms with Gasteiger partial charge in [-0.2, -0.15) is 0 Å². The Morgan fingerprint density at radius 2 is 2.10 bits per heavy atom. The quantitative estimate of drug-likeness (QED) is 0.652. The first kappa shape index (κ1) is 14.5. The fourth-order valence-corrected chi connectivity index (χ4v) is 2.00. The number of nitrogens with zero attached hydrogens (tertiary/aromatic N) is 1. The molecule has 0 saturated carbocycles. The molecule has 1 aromatic carbocycles. The molecule has 0 bridgehead atoms. The SMILES string of the molecule is O=C(O)COCCn1ccc2ccc(OC(=O)P)cc21. The van der Waals surface area contributed by atoms with Crippen molar-refractivity contribution >= 4 is 31.8 Å². The molecular weight excluding hydrogens is 281 g/mol. The molecule has 0 aliphatic heterocycles. The number of fused-ring (bicyclic) bond motifs is 1. The van der Waals surface area contributed by atoms with Crippen molar-refractivity contribution < 1.29 is 24.2 Å². The van der Waals surface area contributed by atoms with Crippen LogP contribution < -0.4 is 4.74 Å². The van der Waals surface area contributed by atoms with E-state index in [4.69, 9.17) is 14.6 Å². The molecule has 0 aliphatic rings. The van der Waals surface area contributed by atoms with Crippen molar-refractivity contribution in [3.8, 4) is 5.75 Å². The summed E-state index contributed by atoms with van der Waals surface area (Å²) in [6.07, 6.45) is 1.88. The molecule has 106 valence electrons. The Labute approximate surface area is 117 Å². The van der Waals surface area contributed by atoms with Crippen LogP contribution in [-0.4, -0.2) is 34.6 Å². The van der Waals surface area contributed by atoms with Crippen LogP contribution in [0.5, 0.6) is 5.75 Å².